The monoisotopic (exact) mass is 579 g/mol. The highest BCUT2D eigenvalue weighted by Crippen LogP contribution is 2.30. The Hall–Kier alpha value is -1.76. The Morgan fingerprint density at radius 1 is 0.975 bits per heavy atom. The minimum Gasteiger partial charge on any atom is -0.497 e. The number of hydrogen-bond acceptors (Lipinski definition) is 8. The summed E-state index contributed by atoms with van der Waals surface area (Å²) in [6, 6.07) is 0.237. The number of likely N-dealkylation sites (tertiary alicyclic amines) is 1. The van der Waals surface area contributed by atoms with E-state index < -0.39 is 10.0 Å². The van der Waals surface area contributed by atoms with Gasteiger partial charge in [-0.1, -0.05) is 13.0 Å². The molecule has 3 heterocycles. The van der Waals surface area contributed by atoms with Crippen molar-refractivity contribution < 1.29 is 22.7 Å². The predicted octanol–water partition coefficient (Wildman–Crippen LogP) is 1.59. The van der Waals surface area contributed by atoms with Gasteiger partial charge >= 0.3 is 0 Å². The molecule has 0 bridgehead atoms. The summed E-state index contributed by atoms with van der Waals surface area (Å²) in [6.45, 7) is 11.0. The number of carbonyl (C=O) groups excluding carboxylic acids is 1. The van der Waals surface area contributed by atoms with Gasteiger partial charge in [0.25, 0.3) is 0 Å². The molecular weight excluding hydrogens is 530 g/mol. The second kappa shape index (κ2) is 13.9. The van der Waals surface area contributed by atoms with Crippen molar-refractivity contribution >= 4 is 15.9 Å². The lowest BCUT2D eigenvalue weighted by atomic mass is 10.1. The maximum Gasteiger partial charge on any atom is 0.248 e. The molecule has 11 heteroatoms. The van der Waals surface area contributed by atoms with Crippen LogP contribution in [0.4, 0.5) is 0 Å². The number of piperazine rings is 2. The molecule has 0 N–H and O–H groups in total. The molecule has 3 saturated heterocycles. The molecule has 1 aliphatic carbocycles. The summed E-state index contributed by atoms with van der Waals surface area (Å²) in [5, 5.41) is 0. The third-order valence-electron chi connectivity index (χ3n) is 8.68. The van der Waals surface area contributed by atoms with Gasteiger partial charge in [-0.2, -0.15) is 4.31 Å². The van der Waals surface area contributed by atoms with E-state index in [1.165, 1.54) is 25.8 Å². The van der Waals surface area contributed by atoms with Crippen molar-refractivity contribution in [2.24, 2.45) is 5.92 Å². The van der Waals surface area contributed by atoms with Crippen LogP contribution in [0.3, 0.4) is 0 Å². The Morgan fingerprint density at radius 3 is 2.45 bits per heavy atom. The highest BCUT2D eigenvalue weighted by atomic mass is 32.2. The van der Waals surface area contributed by atoms with Crippen LogP contribution < -0.4 is 0 Å². The van der Waals surface area contributed by atoms with Crippen LogP contribution in [0.5, 0.6) is 0 Å². The van der Waals surface area contributed by atoms with Crippen molar-refractivity contribution in [1.82, 2.24) is 23.9 Å². The maximum atomic E-state index is 13.9. The summed E-state index contributed by atoms with van der Waals surface area (Å²) in [5.74, 6) is 0.555. The summed E-state index contributed by atoms with van der Waals surface area (Å²) < 4.78 is 40.7. The van der Waals surface area contributed by atoms with Crippen molar-refractivity contribution in [3.8, 4) is 0 Å². The predicted molar refractivity (Wildman–Crippen MR) is 157 cm³/mol. The summed E-state index contributed by atoms with van der Waals surface area (Å²) in [5.41, 5.74) is 0.654. The second-order valence-electron chi connectivity index (χ2n) is 11.8. The fourth-order valence-corrected chi connectivity index (χ4v) is 8.24. The van der Waals surface area contributed by atoms with Crippen LogP contribution in [0.2, 0.25) is 0 Å². The van der Waals surface area contributed by atoms with Crippen molar-refractivity contribution in [3.63, 3.8) is 0 Å². The molecule has 0 radical (unpaired) electrons. The minimum absolute atomic E-state index is 0.0175. The first-order valence-corrected chi connectivity index (χ1v) is 16.2. The van der Waals surface area contributed by atoms with E-state index in [1.54, 1.807) is 23.6 Å². The molecule has 3 unspecified atom stereocenters. The summed E-state index contributed by atoms with van der Waals surface area (Å²) in [4.78, 5) is 22.3. The molecule has 3 atom stereocenters. The average Bonchev–Trinajstić information content (AvgIpc) is 3.23. The topological polar surface area (TPSA) is 85.9 Å². The number of sulfonamides is 1. The van der Waals surface area contributed by atoms with Gasteiger partial charge in [0.15, 0.2) is 0 Å². The summed E-state index contributed by atoms with van der Waals surface area (Å²) in [6.07, 6.45) is 9.14. The van der Waals surface area contributed by atoms with E-state index in [4.69, 9.17) is 9.47 Å². The van der Waals surface area contributed by atoms with Crippen molar-refractivity contribution in [2.75, 3.05) is 93.3 Å². The SMILES string of the molecule is COC1=CC(C)C=C(S(=O)(=O)N2CCN(C)CC2COCC(=O)N2CCN(C3CCCN(C)CC3)CC2)C(C)=C1. The van der Waals surface area contributed by atoms with Gasteiger partial charge in [-0.05, 0) is 77.0 Å². The lowest BCUT2D eigenvalue weighted by Crippen LogP contribution is -2.56. The number of methoxy groups -OCH3 is 1. The molecule has 0 spiro atoms. The molecule has 0 aromatic carbocycles. The van der Waals surface area contributed by atoms with Gasteiger partial charge in [0, 0.05) is 51.9 Å². The summed E-state index contributed by atoms with van der Waals surface area (Å²) >= 11 is 0. The van der Waals surface area contributed by atoms with Crippen molar-refractivity contribution in [1.29, 1.82) is 0 Å². The van der Waals surface area contributed by atoms with E-state index >= 15 is 0 Å². The van der Waals surface area contributed by atoms with E-state index in [2.05, 4.69) is 21.7 Å². The molecular formula is C29H49N5O5S. The lowest BCUT2D eigenvalue weighted by Gasteiger charge is -2.40. The number of allylic oxidation sites excluding steroid dienone is 4. The Kier molecular flexibility index (Phi) is 10.9. The first kappa shape index (κ1) is 31.2. The fraction of sp³-hybridized carbons (Fsp3) is 0.759. The first-order chi connectivity index (χ1) is 19.1. The molecule has 4 rings (SSSR count). The van der Waals surface area contributed by atoms with Gasteiger partial charge in [0.2, 0.25) is 15.9 Å². The maximum absolute atomic E-state index is 13.9. The fourth-order valence-electron chi connectivity index (χ4n) is 6.30. The smallest absolute Gasteiger partial charge is 0.248 e. The van der Waals surface area contributed by atoms with Crippen LogP contribution in [-0.2, 0) is 24.3 Å². The molecule has 0 saturated carbocycles. The van der Waals surface area contributed by atoms with Gasteiger partial charge in [-0.25, -0.2) is 8.42 Å². The molecule has 10 nitrogen and oxygen atoms in total. The van der Waals surface area contributed by atoms with Crippen LogP contribution in [0.15, 0.2) is 34.5 Å². The minimum atomic E-state index is -3.76. The summed E-state index contributed by atoms with van der Waals surface area (Å²) in [7, 11) is 2.01. The Labute approximate surface area is 241 Å². The number of likely N-dealkylation sites (N-methyl/N-ethyl adjacent to an activating group) is 1. The Morgan fingerprint density at radius 2 is 1.73 bits per heavy atom. The van der Waals surface area contributed by atoms with Crippen molar-refractivity contribution in [2.45, 2.75) is 45.2 Å². The van der Waals surface area contributed by atoms with Gasteiger partial charge < -0.3 is 24.2 Å². The van der Waals surface area contributed by atoms with Gasteiger partial charge in [0.05, 0.1) is 24.7 Å². The standard InChI is InChI=1S/C29H49N5O5S/c1-23-17-27(38-5)19-24(2)28(18-23)40(36,37)34-16-11-31(4)20-26(34)21-39-22-29(35)33-14-12-32(13-15-33)25-7-6-9-30(3)10-8-25/h17-19,23,25-26H,6-16,20-22H2,1-5H3. The number of hydrogen-bond donors (Lipinski definition) is 0. The van der Waals surface area contributed by atoms with Crippen molar-refractivity contribution in [3.05, 3.63) is 34.5 Å². The molecule has 0 aromatic rings. The molecule has 3 fully saturated rings. The van der Waals surface area contributed by atoms with Gasteiger partial charge in [0.1, 0.15) is 12.4 Å². The number of nitrogens with zero attached hydrogens (tertiary/aromatic N) is 5. The Bertz CT molecular complexity index is 1080. The van der Waals surface area contributed by atoms with E-state index in [9.17, 15) is 13.2 Å². The number of carbonyl (C=O) groups is 1. The second-order valence-corrected chi connectivity index (χ2v) is 13.7. The number of rotatable bonds is 8. The third-order valence-corrected chi connectivity index (χ3v) is 10.8. The van der Waals surface area contributed by atoms with Crippen LogP contribution >= 0.6 is 0 Å². The van der Waals surface area contributed by atoms with E-state index in [0.717, 1.165) is 32.7 Å². The molecule has 1 amide bonds. The van der Waals surface area contributed by atoms with Gasteiger partial charge in [-0.3, -0.25) is 9.69 Å². The van der Waals surface area contributed by atoms with Crippen LogP contribution in [0, 0.1) is 5.92 Å². The van der Waals surface area contributed by atoms with E-state index in [-0.39, 0.29) is 31.1 Å². The van der Waals surface area contributed by atoms with Crippen LogP contribution in [0.25, 0.3) is 0 Å². The highest BCUT2D eigenvalue weighted by Gasteiger charge is 2.38. The van der Waals surface area contributed by atoms with Crippen LogP contribution in [0.1, 0.15) is 33.1 Å². The highest BCUT2D eigenvalue weighted by molar-refractivity contribution is 7.93. The Balaban J connectivity index is 1.32. The zero-order valence-corrected chi connectivity index (χ0v) is 25.9. The zero-order chi connectivity index (χ0) is 28.9. The average molecular weight is 580 g/mol. The van der Waals surface area contributed by atoms with Gasteiger partial charge in [-0.15, -0.1) is 0 Å². The molecule has 40 heavy (non-hydrogen) atoms. The molecule has 4 aliphatic rings. The molecule has 0 aromatic heterocycles. The number of ether oxygens (including phenoxy) is 2. The first-order valence-electron chi connectivity index (χ1n) is 14.7. The van der Waals surface area contributed by atoms with E-state index in [1.807, 2.05) is 31.9 Å². The third kappa shape index (κ3) is 7.74. The zero-order valence-electron chi connectivity index (χ0n) is 25.0. The number of amides is 1. The van der Waals surface area contributed by atoms with E-state index in [0.29, 0.717) is 41.9 Å². The van der Waals surface area contributed by atoms with Crippen LogP contribution in [-0.4, -0.2) is 144 Å². The normalized spacial score (nSPS) is 28.8. The molecule has 3 aliphatic heterocycles. The largest absolute Gasteiger partial charge is 0.497 e. The quantitative estimate of drug-likeness (QED) is 0.429. The lowest BCUT2D eigenvalue weighted by molar-refractivity contribution is -0.138. The molecule has 226 valence electrons.